The first-order valence-electron chi connectivity index (χ1n) is 16.1. The fourth-order valence-corrected chi connectivity index (χ4v) is 8.49. The molecule has 2 aliphatic heterocycles. The van der Waals surface area contributed by atoms with E-state index in [1.165, 1.54) is 19.2 Å². The molecular weight excluding hydrogens is 601 g/mol. The number of alkyl halides is 3. The van der Waals surface area contributed by atoms with E-state index in [4.69, 9.17) is 23.6 Å². The summed E-state index contributed by atoms with van der Waals surface area (Å²) in [6, 6.07) is 2.49. The van der Waals surface area contributed by atoms with Crippen LogP contribution in [0.2, 0.25) is 18.1 Å². The standard InChI is InChI=1S/C34H45F3N2O5Si/c1-19(2)27-25-26(33(13-15-41-16-14-33)43-29(25)21-9-10-23(38-18-21)34(35,36)37)24-22(44-45(7,8)31(4,5)6)17-32(11-12-32)30(28(24)39-27)42-20(3)40/h9-10,18-19,22,29-30H,11-17H2,1-8H3/t22-,29+,30?/m0/s1. The first-order valence-corrected chi connectivity index (χ1v) is 19.0. The first-order chi connectivity index (χ1) is 20.9. The Bertz CT molecular complexity index is 1470. The summed E-state index contributed by atoms with van der Waals surface area (Å²) in [5.41, 5.74) is 2.97. The molecule has 1 unspecified atom stereocenters. The SMILES string of the molecule is CC(=O)OC1c2nc(C(C)C)c3c(c2[C@@H](O[Si](C)(C)C(C)(C)C)CC12CC2)C1(CCOCC1)O[C@@H]3c1ccc(C(F)(F)F)nc1. The van der Waals surface area contributed by atoms with Gasteiger partial charge in [-0.2, -0.15) is 13.2 Å². The van der Waals surface area contributed by atoms with Crippen molar-refractivity contribution in [3.05, 3.63) is 57.7 Å². The van der Waals surface area contributed by atoms with Crippen LogP contribution in [0.4, 0.5) is 13.2 Å². The Morgan fingerprint density at radius 2 is 1.73 bits per heavy atom. The average Bonchev–Trinajstić information content (AvgIpc) is 3.64. The maximum absolute atomic E-state index is 13.5. The van der Waals surface area contributed by atoms with Gasteiger partial charge < -0.3 is 18.6 Å². The molecule has 2 fully saturated rings. The van der Waals surface area contributed by atoms with Crippen LogP contribution in [-0.4, -0.2) is 37.5 Å². The number of ether oxygens (including phenoxy) is 3. The van der Waals surface area contributed by atoms with Crippen molar-refractivity contribution in [1.29, 1.82) is 0 Å². The van der Waals surface area contributed by atoms with Crippen LogP contribution in [0.3, 0.4) is 0 Å². The second kappa shape index (κ2) is 10.9. The van der Waals surface area contributed by atoms with Gasteiger partial charge in [-0.05, 0) is 54.9 Å². The number of esters is 1. The fraction of sp³-hybridized carbons (Fsp3) is 0.676. The normalized spacial score (nSPS) is 25.4. The molecule has 2 aromatic rings. The van der Waals surface area contributed by atoms with E-state index in [9.17, 15) is 18.0 Å². The monoisotopic (exact) mass is 646 g/mol. The smallest absolute Gasteiger partial charge is 0.433 e. The summed E-state index contributed by atoms with van der Waals surface area (Å²) < 4.78 is 66.7. The van der Waals surface area contributed by atoms with Gasteiger partial charge in [-0.3, -0.25) is 14.8 Å². The molecule has 4 heterocycles. The Morgan fingerprint density at radius 1 is 1.07 bits per heavy atom. The molecule has 11 heteroatoms. The third-order valence-electron chi connectivity index (χ3n) is 10.8. The Labute approximate surface area is 264 Å². The molecule has 2 aliphatic carbocycles. The van der Waals surface area contributed by atoms with Gasteiger partial charge in [0.05, 0.1) is 17.4 Å². The van der Waals surface area contributed by atoms with Crippen molar-refractivity contribution in [3.63, 3.8) is 0 Å². The van der Waals surface area contributed by atoms with E-state index in [1.807, 2.05) is 0 Å². The van der Waals surface area contributed by atoms with Crippen molar-refractivity contribution >= 4 is 14.3 Å². The minimum Gasteiger partial charge on any atom is -0.455 e. The Morgan fingerprint density at radius 3 is 2.24 bits per heavy atom. The maximum Gasteiger partial charge on any atom is 0.433 e. The Hall–Kier alpha value is -2.34. The van der Waals surface area contributed by atoms with Gasteiger partial charge in [0.1, 0.15) is 17.9 Å². The van der Waals surface area contributed by atoms with Crippen molar-refractivity contribution in [1.82, 2.24) is 9.97 Å². The van der Waals surface area contributed by atoms with Gasteiger partial charge in [-0.25, -0.2) is 0 Å². The molecular formula is C34H45F3N2O5Si. The molecule has 246 valence electrons. The largest absolute Gasteiger partial charge is 0.455 e. The number of carbonyl (C=O) groups is 1. The lowest BCUT2D eigenvalue weighted by atomic mass is 9.72. The molecule has 0 aromatic carbocycles. The zero-order valence-electron chi connectivity index (χ0n) is 27.6. The van der Waals surface area contributed by atoms with E-state index in [2.05, 4.69) is 52.7 Å². The van der Waals surface area contributed by atoms with Crippen LogP contribution in [0, 0.1) is 5.41 Å². The zero-order chi connectivity index (χ0) is 32.7. The molecule has 0 N–H and O–H groups in total. The van der Waals surface area contributed by atoms with Gasteiger partial charge >= 0.3 is 12.1 Å². The second-order valence-corrected chi connectivity index (χ2v) is 20.0. The summed E-state index contributed by atoms with van der Waals surface area (Å²) in [6.45, 7) is 17.7. The predicted molar refractivity (Wildman–Crippen MR) is 164 cm³/mol. The van der Waals surface area contributed by atoms with E-state index in [-0.39, 0.29) is 28.4 Å². The summed E-state index contributed by atoms with van der Waals surface area (Å²) in [4.78, 5) is 21.7. The number of rotatable bonds is 5. The molecule has 2 aromatic heterocycles. The summed E-state index contributed by atoms with van der Waals surface area (Å²) in [5.74, 6) is -0.387. The molecule has 7 nitrogen and oxygen atoms in total. The Balaban J connectivity index is 1.63. The lowest BCUT2D eigenvalue weighted by molar-refractivity contribution is -0.153. The average molecular weight is 647 g/mol. The molecule has 3 atom stereocenters. The van der Waals surface area contributed by atoms with Crippen LogP contribution in [0.1, 0.15) is 137 Å². The number of pyridine rings is 2. The van der Waals surface area contributed by atoms with Gasteiger partial charge in [0, 0.05) is 67.0 Å². The van der Waals surface area contributed by atoms with Crippen molar-refractivity contribution in [2.45, 2.75) is 128 Å². The molecule has 0 amide bonds. The highest BCUT2D eigenvalue weighted by atomic mass is 28.4. The number of fused-ring (bicyclic) bond motifs is 4. The quantitative estimate of drug-likeness (QED) is 0.238. The van der Waals surface area contributed by atoms with Crippen LogP contribution in [0.25, 0.3) is 0 Å². The zero-order valence-corrected chi connectivity index (χ0v) is 28.6. The van der Waals surface area contributed by atoms with Crippen LogP contribution in [0.15, 0.2) is 18.3 Å². The maximum atomic E-state index is 13.5. The van der Waals surface area contributed by atoms with Gasteiger partial charge in [0.15, 0.2) is 8.32 Å². The van der Waals surface area contributed by atoms with Crippen molar-refractivity contribution < 1.29 is 36.6 Å². The lowest BCUT2D eigenvalue weighted by Gasteiger charge is -2.46. The van der Waals surface area contributed by atoms with Crippen LogP contribution in [-0.2, 0) is 35.2 Å². The van der Waals surface area contributed by atoms with Crippen molar-refractivity contribution in [2.24, 2.45) is 5.41 Å². The van der Waals surface area contributed by atoms with Crippen LogP contribution in [0.5, 0.6) is 0 Å². The van der Waals surface area contributed by atoms with Gasteiger partial charge in [0.25, 0.3) is 0 Å². The highest BCUT2D eigenvalue weighted by Crippen LogP contribution is 2.68. The number of carbonyl (C=O) groups excluding carboxylic acids is 1. The Kier molecular flexibility index (Phi) is 7.86. The summed E-state index contributed by atoms with van der Waals surface area (Å²) in [5, 5.41) is -0.0492. The fourth-order valence-electron chi connectivity index (χ4n) is 7.22. The van der Waals surface area contributed by atoms with E-state index in [1.54, 1.807) is 0 Å². The van der Waals surface area contributed by atoms with Gasteiger partial charge in [-0.15, -0.1) is 0 Å². The second-order valence-electron chi connectivity index (χ2n) is 15.2. The summed E-state index contributed by atoms with van der Waals surface area (Å²) >= 11 is 0. The van der Waals surface area contributed by atoms with Crippen molar-refractivity contribution in [3.8, 4) is 0 Å². The molecule has 6 rings (SSSR count). The summed E-state index contributed by atoms with van der Waals surface area (Å²) in [6.07, 6.45) is -1.01. The number of aromatic nitrogens is 2. The molecule has 4 aliphatic rings. The highest BCUT2D eigenvalue weighted by molar-refractivity contribution is 6.74. The number of hydrogen-bond acceptors (Lipinski definition) is 7. The predicted octanol–water partition coefficient (Wildman–Crippen LogP) is 8.60. The minimum atomic E-state index is -4.54. The van der Waals surface area contributed by atoms with E-state index in [0.29, 0.717) is 38.0 Å². The number of hydrogen-bond donors (Lipinski definition) is 0. The van der Waals surface area contributed by atoms with Crippen LogP contribution >= 0.6 is 0 Å². The van der Waals surface area contributed by atoms with E-state index in [0.717, 1.165) is 47.0 Å². The molecule has 1 saturated heterocycles. The summed E-state index contributed by atoms with van der Waals surface area (Å²) in [7, 11) is -2.30. The van der Waals surface area contributed by atoms with E-state index >= 15 is 0 Å². The van der Waals surface area contributed by atoms with Crippen molar-refractivity contribution in [2.75, 3.05) is 13.2 Å². The van der Waals surface area contributed by atoms with Gasteiger partial charge in [-0.1, -0.05) is 40.7 Å². The van der Waals surface area contributed by atoms with Crippen LogP contribution < -0.4 is 0 Å². The van der Waals surface area contributed by atoms with E-state index < -0.39 is 38.0 Å². The molecule has 1 saturated carbocycles. The molecule has 45 heavy (non-hydrogen) atoms. The third-order valence-corrected chi connectivity index (χ3v) is 15.2. The topological polar surface area (TPSA) is 79.8 Å². The lowest BCUT2D eigenvalue weighted by Crippen LogP contribution is -2.45. The minimum absolute atomic E-state index is 0.0395. The molecule has 2 spiro atoms. The third kappa shape index (κ3) is 5.55. The number of halogens is 3. The van der Waals surface area contributed by atoms with Gasteiger partial charge in [0.2, 0.25) is 0 Å². The highest BCUT2D eigenvalue weighted by Gasteiger charge is 2.62. The molecule has 0 bridgehead atoms. The first kappa shape index (κ1) is 32.6. The number of nitrogens with zero attached hydrogens (tertiary/aromatic N) is 2. The molecule has 0 radical (unpaired) electrons.